The fourth-order valence-electron chi connectivity index (χ4n) is 1.29. The van der Waals surface area contributed by atoms with Crippen molar-refractivity contribution in [2.75, 3.05) is 52.0 Å². The Morgan fingerprint density at radius 1 is 1.41 bits per heavy atom. The molecule has 0 aromatic heterocycles. The number of thioether (sulfide) groups is 1. The third-order valence-electron chi connectivity index (χ3n) is 2.08. The van der Waals surface area contributed by atoms with E-state index >= 15 is 0 Å². The minimum absolute atomic E-state index is 0.279. The van der Waals surface area contributed by atoms with E-state index in [1.54, 1.807) is 25.8 Å². The van der Waals surface area contributed by atoms with Crippen molar-refractivity contribution in [3.8, 4) is 0 Å². The zero-order valence-corrected chi connectivity index (χ0v) is 11.8. The maximum absolute atomic E-state index is 9.86. The van der Waals surface area contributed by atoms with Gasteiger partial charge in [0, 0.05) is 26.0 Å². The van der Waals surface area contributed by atoms with Gasteiger partial charge in [0.15, 0.2) is 0 Å². The molecule has 0 saturated carbocycles. The predicted octanol–water partition coefficient (Wildman–Crippen LogP) is -0.286. The SMILES string of the molecule is COCCOCC(O)CNCC(C)(O)CSC. The third kappa shape index (κ3) is 11.0. The number of rotatable bonds is 11. The zero-order valence-electron chi connectivity index (χ0n) is 10.9. The summed E-state index contributed by atoms with van der Waals surface area (Å²) in [6.45, 7) is 3.94. The average molecular weight is 267 g/mol. The fourth-order valence-corrected chi connectivity index (χ4v) is 2.01. The molecule has 0 aliphatic carbocycles. The summed E-state index contributed by atoms with van der Waals surface area (Å²) in [7, 11) is 1.61. The zero-order chi connectivity index (χ0) is 13.1. The summed E-state index contributed by atoms with van der Waals surface area (Å²) < 4.78 is 10.0. The van der Waals surface area contributed by atoms with Gasteiger partial charge in [-0.1, -0.05) is 0 Å². The van der Waals surface area contributed by atoms with Crippen LogP contribution in [0.4, 0.5) is 0 Å². The minimum atomic E-state index is -0.740. The van der Waals surface area contributed by atoms with Gasteiger partial charge in [0.05, 0.1) is 31.5 Å². The second-order valence-electron chi connectivity index (χ2n) is 4.28. The van der Waals surface area contributed by atoms with Gasteiger partial charge in [-0.3, -0.25) is 0 Å². The standard InChI is InChI=1S/C11H25NO4S/c1-11(14,9-17-3)8-12-6-10(13)7-16-5-4-15-2/h10,12-14H,4-9H2,1-3H3. The monoisotopic (exact) mass is 267 g/mol. The van der Waals surface area contributed by atoms with Crippen molar-refractivity contribution in [3.05, 3.63) is 0 Å². The van der Waals surface area contributed by atoms with E-state index in [-0.39, 0.29) is 6.61 Å². The average Bonchev–Trinajstić information content (AvgIpc) is 2.24. The van der Waals surface area contributed by atoms with E-state index in [2.05, 4.69) is 5.32 Å². The normalized spacial score (nSPS) is 16.8. The van der Waals surface area contributed by atoms with Crippen LogP contribution in [0, 0.1) is 0 Å². The molecule has 0 saturated heterocycles. The Kier molecular flexibility index (Phi) is 10.2. The Morgan fingerprint density at radius 2 is 2.12 bits per heavy atom. The summed E-state index contributed by atoms with van der Waals surface area (Å²) in [5, 5.41) is 22.4. The van der Waals surface area contributed by atoms with Crippen molar-refractivity contribution in [2.24, 2.45) is 0 Å². The van der Waals surface area contributed by atoms with Crippen LogP contribution in [0.2, 0.25) is 0 Å². The Bertz CT molecular complexity index is 181. The number of aliphatic hydroxyl groups excluding tert-OH is 1. The molecule has 2 unspecified atom stereocenters. The molecule has 0 aromatic carbocycles. The highest BCUT2D eigenvalue weighted by molar-refractivity contribution is 7.98. The van der Waals surface area contributed by atoms with Crippen molar-refractivity contribution in [1.29, 1.82) is 0 Å². The molecule has 2 atom stereocenters. The molecule has 0 fully saturated rings. The first-order valence-electron chi connectivity index (χ1n) is 5.68. The molecule has 0 radical (unpaired) electrons. The second kappa shape index (κ2) is 10.1. The van der Waals surface area contributed by atoms with Crippen LogP contribution in [0.15, 0.2) is 0 Å². The number of methoxy groups -OCH3 is 1. The summed E-state index contributed by atoms with van der Waals surface area (Å²) in [5.74, 6) is 0.667. The fraction of sp³-hybridized carbons (Fsp3) is 1.00. The van der Waals surface area contributed by atoms with Gasteiger partial charge in [-0.2, -0.15) is 11.8 Å². The van der Waals surface area contributed by atoms with E-state index in [0.717, 1.165) is 0 Å². The van der Waals surface area contributed by atoms with Crippen molar-refractivity contribution >= 4 is 11.8 Å². The number of nitrogens with one attached hydrogen (secondary N) is 1. The topological polar surface area (TPSA) is 71.0 Å². The van der Waals surface area contributed by atoms with Crippen molar-refractivity contribution in [3.63, 3.8) is 0 Å². The van der Waals surface area contributed by atoms with Gasteiger partial charge in [-0.25, -0.2) is 0 Å². The van der Waals surface area contributed by atoms with Gasteiger partial charge in [-0.15, -0.1) is 0 Å². The Labute approximate surface area is 108 Å². The van der Waals surface area contributed by atoms with Crippen LogP contribution in [-0.2, 0) is 9.47 Å². The Morgan fingerprint density at radius 3 is 2.71 bits per heavy atom. The lowest BCUT2D eigenvalue weighted by Gasteiger charge is -2.23. The molecule has 0 spiro atoms. The number of aliphatic hydroxyl groups is 2. The van der Waals surface area contributed by atoms with Gasteiger partial charge in [-0.05, 0) is 13.2 Å². The van der Waals surface area contributed by atoms with Crippen LogP contribution in [0.1, 0.15) is 6.92 Å². The first kappa shape index (κ1) is 17.2. The lowest BCUT2D eigenvalue weighted by molar-refractivity contribution is 0.0108. The second-order valence-corrected chi connectivity index (χ2v) is 5.15. The highest BCUT2D eigenvalue weighted by atomic mass is 32.2. The van der Waals surface area contributed by atoms with E-state index in [9.17, 15) is 10.2 Å². The molecule has 17 heavy (non-hydrogen) atoms. The van der Waals surface area contributed by atoms with Gasteiger partial charge in [0.2, 0.25) is 0 Å². The van der Waals surface area contributed by atoms with Gasteiger partial charge < -0.3 is 25.0 Å². The van der Waals surface area contributed by atoms with Crippen molar-refractivity contribution in [1.82, 2.24) is 5.32 Å². The molecule has 0 aliphatic rings. The van der Waals surface area contributed by atoms with Gasteiger partial charge in [0.25, 0.3) is 0 Å². The molecule has 3 N–H and O–H groups in total. The van der Waals surface area contributed by atoms with Crippen LogP contribution < -0.4 is 5.32 Å². The highest BCUT2D eigenvalue weighted by Crippen LogP contribution is 2.08. The largest absolute Gasteiger partial charge is 0.389 e. The molecule has 0 rings (SSSR count). The molecular formula is C11H25NO4S. The molecule has 5 nitrogen and oxygen atoms in total. The Hall–Kier alpha value is 0.150. The van der Waals surface area contributed by atoms with Crippen LogP contribution in [0.3, 0.4) is 0 Å². The molecule has 0 aromatic rings. The number of hydrogen-bond acceptors (Lipinski definition) is 6. The van der Waals surface area contributed by atoms with E-state index in [1.165, 1.54) is 0 Å². The number of ether oxygens (including phenoxy) is 2. The van der Waals surface area contributed by atoms with Crippen LogP contribution >= 0.6 is 11.8 Å². The lowest BCUT2D eigenvalue weighted by Crippen LogP contribution is -2.43. The van der Waals surface area contributed by atoms with Gasteiger partial charge in [0.1, 0.15) is 0 Å². The van der Waals surface area contributed by atoms with Crippen LogP contribution in [0.5, 0.6) is 0 Å². The van der Waals surface area contributed by atoms with Crippen molar-refractivity contribution < 1.29 is 19.7 Å². The van der Waals surface area contributed by atoms with Crippen LogP contribution in [0.25, 0.3) is 0 Å². The predicted molar refractivity (Wildman–Crippen MR) is 70.6 cm³/mol. The summed E-state index contributed by atoms with van der Waals surface area (Å²) in [6.07, 6.45) is 1.39. The summed E-state index contributed by atoms with van der Waals surface area (Å²) in [4.78, 5) is 0. The molecule has 0 aliphatic heterocycles. The quantitative estimate of drug-likeness (QED) is 0.447. The van der Waals surface area contributed by atoms with E-state index < -0.39 is 11.7 Å². The maximum atomic E-state index is 9.86. The molecule has 6 heteroatoms. The summed E-state index contributed by atoms with van der Waals surface area (Å²) >= 11 is 1.60. The first-order chi connectivity index (χ1) is 8.02. The molecule has 104 valence electrons. The van der Waals surface area contributed by atoms with E-state index in [1.807, 2.05) is 6.26 Å². The van der Waals surface area contributed by atoms with Crippen molar-refractivity contribution in [2.45, 2.75) is 18.6 Å². The Balaban J connectivity index is 3.46. The smallest absolute Gasteiger partial charge is 0.0897 e. The first-order valence-corrected chi connectivity index (χ1v) is 7.08. The highest BCUT2D eigenvalue weighted by Gasteiger charge is 2.19. The van der Waals surface area contributed by atoms with E-state index in [4.69, 9.17) is 9.47 Å². The third-order valence-corrected chi connectivity index (χ3v) is 2.99. The van der Waals surface area contributed by atoms with Crippen LogP contribution in [-0.4, -0.2) is 73.9 Å². The maximum Gasteiger partial charge on any atom is 0.0897 e. The molecular weight excluding hydrogens is 242 g/mol. The summed E-state index contributed by atoms with van der Waals surface area (Å²) in [6, 6.07) is 0. The van der Waals surface area contributed by atoms with Gasteiger partial charge >= 0.3 is 0 Å². The lowest BCUT2D eigenvalue weighted by atomic mass is 10.1. The number of hydrogen-bond donors (Lipinski definition) is 3. The molecule has 0 bridgehead atoms. The molecule has 0 amide bonds. The minimum Gasteiger partial charge on any atom is -0.389 e. The molecule has 0 heterocycles. The van der Waals surface area contributed by atoms with E-state index in [0.29, 0.717) is 32.1 Å². The summed E-state index contributed by atoms with van der Waals surface area (Å²) in [5.41, 5.74) is -0.740.